The Labute approximate surface area is 155 Å². The van der Waals surface area contributed by atoms with E-state index in [4.69, 9.17) is 14.2 Å². The van der Waals surface area contributed by atoms with Gasteiger partial charge >= 0.3 is 0 Å². The predicted octanol–water partition coefficient (Wildman–Crippen LogP) is 3.47. The smallest absolute Gasteiger partial charge is 0.203 e. The molecule has 0 atom stereocenters. The van der Waals surface area contributed by atoms with Crippen LogP contribution >= 0.6 is 0 Å². The minimum atomic E-state index is 0.554. The van der Waals surface area contributed by atoms with Crippen molar-refractivity contribution in [1.82, 2.24) is 19.8 Å². The number of fused-ring (bicyclic) bond motifs is 3. The van der Waals surface area contributed by atoms with Crippen molar-refractivity contribution in [2.24, 2.45) is 0 Å². The van der Waals surface area contributed by atoms with Gasteiger partial charge in [0.2, 0.25) is 5.75 Å². The molecule has 0 radical (unpaired) electrons. The molecule has 0 aliphatic heterocycles. The summed E-state index contributed by atoms with van der Waals surface area (Å²) in [5.41, 5.74) is 1.60. The second-order valence-corrected chi connectivity index (χ2v) is 5.82. The Bertz CT molecular complexity index is 1130. The Balaban J connectivity index is 1.76. The van der Waals surface area contributed by atoms with Gasteiger partial charge in [0, 0.05) is 10.8 Å². The first-order chi connectivity index (χ1) is 13.2. The van der Waals surface area contributed by atoms with Crippen molar-refractivity contribution in [3.05, 3.63) is 54.0 Å². The minimum Gasteiger partial charge on any atom is -0.493 e. The van der Waals surface area contributed by atoms with Crippen LogP contribution in [0.4, 0.5) is 0 Å². The molecule has 136 valence electrons. The highest BCUT2D eigenvalue weighted by molar-refractivity contribution is 5.93. The molecule has 27 heavy (non-hydrogen) atoms. The third-order valence-electron chi connectivity index (χ3n) is 4.29. The zero-order valence-corrected chi connectivity index (χ0v) is 15.2. The van der Waals surface area contributed by atoms with Crippen molar-refractivity contribution in [3.8, 4) is 17.2 Å². The summed E-state index contributed by atoms with van der Waals surface area (Å²) in [6.07, 6.45) is 5.56. The van der Waals surface area contributed by atoms with Gasteiger partial charge in [-0.15, -0.1) is 10.2 Å². The van der Waals surface area contributed by atoms with Crippen LogP contribution in [0.3, 0.4) is 0 Å². The number of hydrogen-bond donors (Lipinski definition) is 0. The first-order valence-electron chi connectivity index (χ1n) is 8.32. The quantitative estimate of drug-likeness (QED) is 0.541. The summed E-state index contributed by atoms with van der Waals surface area (Å²) in [5.74, 6) is 2.36. The van der Waals surface area contributed by atoms with Crippen molar-refractivity contribution in [3.63, 3.8) is 0 Å². The largest absolute Gasteiger partial charge is 0.493 e. The van der Waals surface area contributed by atoms with E-state index in [2.05, 4.69) is 15.3 Å². The lowest BCUT2D eigenvalue weighted by Gasteiger charge is -2.12. The van der Waals surface area contributed by atoms with Gasteiger partial charge in [0.05, 0.1) is 27.5 Å². The van der Waals surface area contributed by atoms with Gasteiger partial charge in [-0.25, -0.2) is 0 Å². The maximum Gasteiger partial charge on any atom is 0.203 e. The Morgan fingerprint density at radius 2 is 1.63 bits per heavy atom. The molecule has 0 unspecified atom stereocenters. The normalized spacial score (nSPS) is 11.4. The highest BCUT2D eigenvalue weighted by atomic mass is 16.5. The minimum absolute atomic E-state index is 0.554. The monoisotopic (exact) mass is 362 g/mol. The summed E-state index contributed by atoms with van der Waals surface area (Å²) in [4.78, 5) is 0. The average Bonchev–Trinajstić information content (AvgIpc) is 3.14. The Morgan fingerprint density at radius 1 is 0.889 bits per heavy atom. The van der Waals surface area contributed by atoms with Crippen LogP contribution in [-0.4, -0.2) is 41.1 Å². The molecule has 0 saturated carbocycles. The van der Waals surface area contributed by atoms with Crippen molar-refractivity contribution in [2.45, 2.75) is 0 Å². The molecule has 2 heterocycles. The topological polar surface area (TPSA) is 70.8 Å². The summed E-state index contributed by atoms with van der Waals surface area (Å²) in [6.45, 7) is 0. The molecule has 7 heteroatoms. The fourth-order valence-electron chi connectivity index (χ4n) is 2.98. The van der Waals surface area contributed by atoms with Gasteiger partial charge in [-0.1, -0.05) is 30.3 Å². The van der Waals surface area contributed by atoms with Crippen LogP contribution in [0.15, 0.2) is 42.6 Å². The second kappa shape index (κ2) is 6.95. The third-order valence-corrected chi connectivity index (χ3v) is 4.29. The van der Waals surface area contributed by atoms with Crippen LogP contribution < -0.4 is 14.2 Å². The van der Waals surface area contributed by atoms with Crippen molar-refractivity contribution < 1.29 is 14.2 Å². The number of benzene rings is 2. The van der Waals surface area contributed by atoms with Gasteiger partial charge in [-0.3, -0.25) is 0 Å². The first kappa shape index (κ1) is 16.8. The van der Waals surface area contributed by atoms with Crippen LogP contribution in [0, 0.1) is 0 Å². The SMILES string of the molecule is COc1cc(/C=C/c2nnc3c4ccccc4cnn23)cc(OC)c1OC. The first-order valence-corrected chi connectivity index (χ1v) is 8.32. The molecule has 4 rings (SSSR count). The van der Waals surface area contributed by atoms with Crippen LogP contribution in [0.2, 0.25) is 0 Å². The van der Waals surface area contributed by atoms with E-state index in [0.717, 1.165) is 22.0 Å². The van der Waals surface area contributed by atoms with Gasteiger partial charge in [0.15, 0.2) is 23.0 Å². The van der Waals surface area contributed by atoms with E-state index in [1.165, 1.54) is 0 Å². The molecule has 0 bridgehead atoms. The number of methoxy groups -OCH3 is 3. The van der Waals surface area contributed by atoms with Crippen LogP contribution in [0.5, 0.6) is 17.2 Å². The number of rotatable bonds is 5. The van der Waals surface area contributed by atoms with Gasteiger partial charge < -0.3 is 14.2 Å². The van der Waals surface area contributed by atoms with E-state index in [0.29, 0.717) is 23.1 Å². The molecule has 2 aromatic carbocycles. The van der Waals surface area contributed by atoms with E-state index in [9.17, 15) is 0 Å². The zero-order valence-electron chi connectivity index (χ0n) is 15.2. The molecule has 0 amide bonds. The average molecular weight is 362 g/mol. The van der Waals surface area contributed by atoms with Gasteiger partial charge in [0.25, 0.3) is 0 Å². The van der Waals surface area contributed by atoms with E-state index in [1.807, 2.05) is 54.7 Å². The number of aromatic nitrogens is 4. The van der Waals surface area contributed by atoms with Gasteiger partial charge in [-0.05, 0) is 23.8 Å². The fourth-order valence-corrected chi connectivity index (χ4v) is 2.98. The maximum absolute atomic E-state index is 5.39. The zero-order chi connectivity index (χ0) is 18.8. The van der Waals surface area contributed by atoms with E-state index < -0.39 is 0 Å². The van der Waals surface area contributed by atoms with Crippen LogP contribution in [0.25, 0.3) is 28.6 Å². The van der Waals surface area contributed by atoms with Crippen molar-refractivity contribution in [2.75, 3.05) is 21.3 Å². The summed E-state index contributed by atoms with van der Waals surface area (Å²) < 4.78 is 17.9. The van der Waals surface area contributed by atoms with Gasteiger partial charge in [0.1, 0.15) is 0 Å². The second-order valence-electron chi connectivity index (χ2n) is 5.82. The standard InChI is InChI=1S/C20H18N4O3/c1-25-16-10-13(11-17(26-2)19(16)27-3)8-9-18-22-23-20-15-7-5-4-6-14(15)12-21-24(18)20/h4-12H,1-3H3/b9-8+. The molecular weight excluding hydrogens is 344 g/mol. The maximum atomic E-state index is 5.39. The Hall–Kier alpha value is -3.61. The lowest BCUT2D eigenvalue weighted by molar-refractivity contribution is 0.324. The van der Waals surface area contributed by atoms with Crippen molar-refractivity contribution >= 4 is 28.6 Å². The molecule has 2 aromatic heterocycles. The van der Waals surface area contributed by atoms with E-state index in [-0.39, 0.29) is 0 Å². The van der Waals surface area contributed by atoms with Crippen molar-refractivity contribution in [1.29, 1.82) is 0 Å². The fraction of sp³-hybridized carbons (Fsp3) is 0.150. The summed E-state index contributed by atoms with van der Waals surface area (Å²) >= 11 is 0. The van der Waals surface area contributed by atoms with Crippen LogP contribution in [0.1, 0.15) is 11.4 Å². The highest BCUT2D eigenvalue weighted by Crippen LogP contribution is 2.38. The Kier molecular flexibility index (Phi) is 4.33. The molecule has 0 aliphatic carbocycles. The number of hydrogen-bond acceptors (Lipinski definition) is 6. The Morgan fingerprint density at radius 3 is 2.33 bits per heavy atom. The third kappa shape index (κ3) is 2.93. The predicted molar refractivity (Wildman–Crippen MR) is 103 cm³/mol. The number of ether oxygens (including phenoxy) is 3. The molecule has 0 saturated heterocycles. The molecule has 4 aromatic rings. The lowest BCUT2D eigenvalue weighted by Crippen LogP contribution is -1.96. The van der Waals surface area contributed by atoms with Crippen LogP contribution in [-0.2, 0) is 0 Å². The molecule has 0 aliphatic rings. The van der Waals surface area contributed by atoms with E-state index >= 15 is 0 Å². The lowest BCUT2D eigenvalue weighted by atomic mass is 10.1. The molecule has 0 N–H and O–H groups in total. The summed E-state index contributed by atoms with van der Waals surface area (Å²) in [6, 6.07) is 11.7. The van der Waals surface area contributed by atoms with E-state index in [1.54, 1.807) is 25.8 Å². The summed E-state index contributed by atoms with van der Waals surface area (Å²) in [5, 5.41) is 15.0. The molecule has 0 fully saturated rings. The highest BCUT2D eigenvalue weighted by Gasteiger charge is 2.12. The summed E-state index contributed by atoms with van der Waals surface area (Å²) in [7, 11) is 4.76. The molecule has 7 nitrogen and oxygen atoms in total. The number of nitrogens with zero attached hydrogens (tertiary/aromatic N) is 4. The molecular formula is C20H18N4O3. The molecule has 0 spiro atoms. The van der Waals surface area contributed by atoms with Gasteiger partial charge in [-0.2, -0.15) is 9.61 Å².